The van der Waals surface area contributed by atoms with Crippen LogP contribution in [0, 0.1) is 6.92 Å². The highest BCUT2D eigenvalue weighted by Gasteiger charge is 2.27. The molecule has 3 aromatic carbocycles. The molecule has 1 aliphatic rings. The summed E-state index contributed by atoms with van der Waals surface area (Å²) in [6.07, 6.45) is 1.78. The second-order valence-corrected chi connectivity index (χ2v) is 8.30. The smallest absolute Gasteiger partial charge is 0.162 e. The SMILES string of the molecule is CCOc1cccc(C2C=C(c3ccc(C)cc3)NC(c3ccc(Cl)cc3Cl)N2)c1O. The summed E-state index contributed by atoms with van der Waals surface area (Å²) in [4.78, 5) is 0. The van der Waals surface area contributed by atoms with Gasteiger partial charge in [0.2, 0.25) is 0 Å². The minimum absolute atomic E-state index is 0.129. The maximum atomic E-state index is 10.9. The van der Waals surface area contributed by atoms with Gasteiger partial charge in [0.05, 0.1) is 12.6 Å². The van der Waals surface area contributed by atoms with Crippen molar-refractivity contribution in [2.45, 2.75) is 26.1 Å². The van der Waals surface area contributed by atoms with E-state index in [1.54, 1.807) is 12.1 Å². The largest absolute Gasteiger partial charge is 0.504 e. The third-order valence-corrected chi connectivity index (χ3v) is 5.84. The van der Waals surface area contributed by atoms with E-state index in [9.17, 15) is 5.11 Å². The number of phenols is 1. The van der Waals surface area contributed by atoms with Crippen LogP contribution in [-0.4, -0.2) is 11.7 Å². The van der Waals surface area contributed by atoms with Crippen LogP contribution >= 0.6 is 23.2 Å². The van der Waals surface area contributed by atoms with Crippen LogP contribution in [0.5, 0.6) is 11.5 Å². The van der Waals surface area contributed by atoms with Gasteiger partial charge in [0.25, 0.3) is 0 Å². The number of para-hydroxylation sites is 1. The van der Waals surface area contributed by atoms with Gasteiger partial charge in [-0.05, 0) is 43.7 Å². The normalized spacial score (nSPS) is 18.3. The molecule has 160 valence electrons. The van der Waals surface area contributed by atoms with Gasteiger partial charge in [-0.3, -0.25) is 5.32 Å². The Labute approximate surface area is 192 Å². The molecule has 3 aromatic rings. The first-order valence-electron chi connectivity index (χ1n) is 10.2. The van der Waals surface area contributed by atoms with Gasteiger partial charge in [0.1, 0.15) is 6.17 Å². The lowest BCUT2D eigenvalue weighted by Crippen LogP contribution is -2.39. The molecule has 0 bridgehead atoms. The second kappa shape index (κ2) is 9.23. The van der Waals surface area contributed by atoms with Gasteiger partial charge < -0.3 is 15.2 Å². The van der Waals surface area contributed by atoms with Gasteiger partial charge in [-0.1, -0.05) is 71.2 Å². The monoisotopic (exact) mass is 454 g/mol. The van der Waals surface area contributed by atoms with Crippen molar-refractivity contribution >= 4 is 28.9 Å². The number of benzene rings is 3. The van der Waals surface area contributed by atoms with Crippen molar-refractivity contribution in [3.05, 3.63) is 99.0 Å². The molecule has 0 fully saturated rings. The van der Waals surface area contributed by atoms with E-state index in [2.05, 4.69) is 47.9 Å². The number of halogens is 2. The highest BCUT2D eigenvalue weighted by molar-refractivity contribution is 6.35. The molecular weight excluding hydrogens is 431 g/mol. The standard InChI is InChI=1S/C25H24Cl2N2O2/c1-3-31-23-6-4-5-19(24(23)30)22-14-21(16-9-7-15(2)8-10-16)28-25(29-22)18-12-11-17(26)13-20(18)27/h4-14,22,25,28-30H,3H2,1-2H3. The predicted octanol–water partition coefficient (Wildman–Crippen LogP) is 6.38. The van der Waals surface area contributed by atoms with Crippen LogP contribution in [0.2, 0.25) is 10.0 Å². The minimum Gasteiger partial charge on any atom is -0.504 e. The first-order valence-corrected chi connectivity index (χ1v) is 10.9. The fourth-order valence-electron chi connectivity index (χ4n) is 3.70. The van der Waals surface area contributed by atoms with Crippen molar-refractivity contribution in [1.29, 1.82) is 0 Å². The summed E-state index contributed by atoms with van der Waals surface area (Å²) in [5, 5.41) is 19.1. The number of aromatic hydroxyl groups is 1. The van der Waals surface area contributed by atoms with E-state index in [4.69, 9.17) is 27.9 Å². The molecule has 0 saturated carbocycles. The zero-order valence-electron chi connectivity index (χ0n) is 17.3. The highest BCUT2D eigenvalue weighted by atomic mass is 35.5. The predicted molar refractivity (Wildman–Crippen MR) is 127 cm³/mol. The molecular formula is C25H24Cl2N2O2. The maximum Gasteiger partial charge on any atom is 0.162 e. The molecule has 1 heterocycles. The van der Waals surface area contributed by atoms with E-state index in [1.165, 1.54) is 5.56 Å². The Hall–Kier alpha value is -2.66. The summed E-state index contributed by atoms with van der Waals surface area (Å²) in [6, 6.07) is 19.0. The summed E-state index contributed by atoms with van der Waals surface area (Å²) in [7, 11) is 0. The summed E-state index contributed by atoms with van der Waals surface area (Å²) < 4.78 is 5.59. The Bertz CT molecular complexity index is 1110. The minimum atomic E-state index is -0.286. The van der Waals surface area contributed by atoms with Crippen LogP contribution < -0.4 is 15.4 Å². The summed E-state index contributed by atoms with van der Waals surface area (Å²) >= 11 is 12.6. The molecule has 2 atom stereocenters. The van der Waals surface area contributed by atoms with E-state index in [1.807, 2.05) is 31.2 Å². The number of hydrogen-bond acceptors (Lipinski definition) is 4. The van der Waals surface area contributed by atoms with Crippen LogP contribution in [-0.2, 0) is 0 Å². The highest BCUT2D eigenvalue weighted by Crippen LogP contribution is 2.39. The Morgan fingerprint density at radius 1 is 1.00 bits per heavy atom. The van der Waals surface area contributed by atoms with Crippen molar-refractivity contribution in [3.8, 4) is 11.5 Å². The molecule has 0 aromatic heterocycles. The molecule has 2 unspecified atom stereocenters. The van der Waals surface area contributed by atoms with E-state index in [-0.39, 0.29) is 18.0 Å². The summed E-state index contributed by atoms with van der Waals surface area (Å²) in [5.74, 6) is 0.593. The van der Waals surface area contributed by atoms with Crippen LogP contribution in [0.3, 0.4) is 0 Å². The van der Waals surface area contributed by atoms with Gasteiger partial charge in [0, 0.05) is 26.9 Å². The van der Waals surface area contributed by atoms with Gasteiger partial charge >= 0.3 is 0 Å². The van der Waals surface area contributed by atoms with Gasteiger partial charge in [-0.15, -0.1) is 0 Å². The first-order chi connectivity index (χ1) is 15.0. The van der Waals surface area contributed by atoms with E-state index in [0.29, 0.717) is 22.4 Å². The summed E-state index contributed by atoms with van der Waals surface area (Å²) in [6.45, 7) is 4.43. The molecule has 4 nitrogen and oxygen atoms in total. The average molecular weight is 455 g/mol. The topological polar surface area (TPSA) is 53.5 Å². The van der Waals surface area contributed by atoms with Gasteiger partial charge in [0.15, 0.2) is 11.5 Å². The lowest BCUT2D eigenvalue weighted by atomic mass is 9.97. The molecule has 1 aliphatic heterocycles. The molecule has 3 N–H and O–H groups in total. The number of hydrogen-bond donors (Lipinski definition) is 3. The molecule has 0 amide bonds. The Morgan fingerprint density at radius 3 is 2.48 bits per heavy atom. The number of rotatable bonds is 5. The van der Waals surface area contributed by atoms with E-state index in [0.717, 1.165) is 22.4 Å². The number of nitrogens with one attached hydrogen (secondary N) is 2. The van der Waals surface area contributed by atoms with Crippen LogP contribution in [0.25, 0.3) is 5.70 Å². The maximum absolute atomic E-state index is 10.9. The zero-order valence-corrected chi connectivity index (χ0v) is 18.8. The van der Waals surface area contributed by atoms with Crippen molar-refractivity contribution in [2.24, 2.45) is 0 Å². The first kappa shape index (κ1) is 21.6. The molecule has 0 saturated heterocycles. The Balaban J connectivity index is 1.78. The molecule has 6 heteroatoms. The van der Waals surface area contributed by atoms with Gasteiger partial charge in [-0.25, -0.2) is 0 Å². The van der Waals surface area contributed by atoms with Crippen molar-refractivity contribution in [3.63, 3.8) is 0 Å². The molecule has 0 aliphatic carbocycles. The average Bonchev–Trinajstić information content (AvgIpc) is 2.75. The van der Waals surface area contributed by atoms with E-state index >= 15 is 0 Å². The Morgan fingerprint density at radius 2 is 1.77 bits per heavy atom. The number of aryl methyl sites for hydroxylation is 1. The van der Waals surface area contributed by atoms with Crippen LogP contribution in [0.4, 0.5) is 0 Å². The third kappa shape index (κ3) is 4.67. The molecule has 0 radical (unpaired) electrons. The van der Waals surface area contributed by atoms with Crippen molar-refractivity contribution in [2.75, 3.05) is 6.61 Å². The number of phenolic OH excluding ortho intramolecular Hbond substituents is 1. The number of ether oxygens (including phenoxy) is 1. The van der Waals surface area contributed by atoms with Crippen molar-refractivity contribution < 1.29 is 9.84 Å². The zero-order chi connectivity index (χ0) is 22.0. The summed E-state index contributed by atoms with van der Waals surface area (Å²) in [5.41, 5.74) is 4.78. The van der Waals surface area contributed by atoms with Crippen molar-refractivity contribution in [1.82, 2.24) is 10.6 Å². The van der Waals surface area contributed by atoms with Crippen LogP contribution in [0.15, 0.2) is 66.7 Å². The fourth-order valence-corrected chi connectivity index (χ4v) is 4.21. The third-order valence-electron chi connectivity index (χ3n) is 5.28. The second-order valence-electron chi connectivity index (χ2n) is 7.46. The van der Waals surface area contributed by atoms with Crippen LogP contribution in [0.1, 0.15) is 41.4 Å². The fraction of sp³-hybridized carbons (Fsp3) is 0.200. The lowest BCUT2D eigenvalue weighted by Gasteiger charge is -2.34. The molecule has 31 heavy (non-hydrogen) atoms. The molecule has 4 rings (SSSR count). The van der Waals surface area contributed by atoms with E-state index < -0.39 is 0 Å². The lowest BCUT2D eigenvalue weighted by molar-refractivity contribution is 0.314. The Kier molecular flexibility index (Phi) is 6.42. The quantitative estimate of drug-likeness (QED) is 0.418. The molecule has 0 spiro atoms. The van der Waals surface area contributed by atoms with Gasteiger partial charge in [-0.2, -0.15) is 0 Å².